The molecule has 1 saturated carbocycles. The smallest absolute Gasteiger partial charge is 0.125 e. The summed E-state index contributed by atoms with van der Waals surface area (Å²) in [7, 11) is 0. The van der Waals surface area contributed by atoms with E-state index in [4.69, 9.17) is 0 Å². The first-order valence-electron chi connectivity index (χ1n) is 4.92. The maximum Gasteiger partial charge on any atom is 0.125 e. The number of hydrogen-bond donors (Lipinski definition) is 1. The summed E-state index contributed by atoms with van der Waals surface area (Å²) in [6.07, 6.45) is 3.28. The lowest BCUT2D eigenvalue weighted by Crippen LogP contribution is -2.05. The van der Waals surface area contributed by atoms with E-state index in [-0.39, 0.29) is 0 Å². The van der Waals surface area contributed by atoms with Gasteiger partial charge in [0.15, 0.2) is 0 Å². The molecule has 13 heavy (non-hydrogen) atoms. The fourth-order valence-electron chi connectivity index (χ4n) is 1.49. The van der Waals surface area contributed by atoms with Gasteiger partial charge in [0, 0.05) is 12.7 Å². The average Bonchev–Trinajstić information content (AvgIpc) is 2.81. The van der Waals surface area contributed by atoms with Crippen molar-refractivity contribution in [2.75, 3.05) is 11.9 Å². The summed E-state index contributed by atoms with van der Waals surface area (Å²) < 4.78 is 0. The first-order valence-corrected chi connectivity index (χ1v) is 4.92. The van der Waals surface area contributed by atoms with E-state index in [1.54, 1.807) is 0 Å². The quantitative estimate of drug-likeness (QED) is 0.765. The molecule has 0 aromatic carbocycles. The van der Waals surface area contributed by atoms with Gasteiger partial charge in [0.1, 0.15) is 5.82 Å². The lowest BCUT2D eigenvalue weighted by molar-refractivity contribution is 0.784. The number of hydrogen-bond acceptors (Lipinski definition) is 2. The lowest BCUT2D eigenvalue weighted by Gasteiger charge is -2.03. The fraction of sp³-hybridized carbons (Fsp3) is 0.545. The van der Waals surface area contributed by atoms with Gasteiger partial charge in [-0.2, -0.15) is 0 Å². The van der Waals surface area contributed by atoms with Crippen molar-refractivity contribution in [2.45, 2.75) is 20.3 Å². The molecule has 2 heteroatoms. The van der Waals surface area contributed by atoms with Crippen molar-refractivity contribution in [3.8, 4) is 0 Å². The van der Waals surface area contributed by atoms with Gasteiger partial charge in [-0.1, -0.05) is 13.0 Å². The molecule has 2 unspecified atom stereocenters. The van der Waals surface area contributed by atoms with Crippen LogP contribution in [0.2, 0.25) is 0 Å². The van der Waals surface area contributed by atoms with Gasteiger partial charge in [-0.05, 0) is 36.8 Å². The van der Waals surface area contributed by atoms with Gasteiger partial charge in [-0.25, -0.2) is 4.98 Å². The molecule has 1 aliphatic rings. The largest absolute Gasteiger partial charge is 0.370 e. The summed E-state index contributed by atoms with van der Waals surface area (Å²) in [5.41, 5.74) is 1.21. The van der Waals surface area contributed by atoms with Crippen LogP contribution in [-0.4, -0.2) is 11.5 Å². The van der Waals surface area contributed by atoms with E-state index in [0.29, 0.717) is 0 Å². The molecule has 1 N–H and O–H groups in total. The highest BCUT2D eigenvalue weighted by atomic mass is 15.0. The summed E-state index contributed by atoms with van der Waals surface area (Å²) >= 11 is 0. The van der Waals surface area contributed by atoms with Gasteiger partial charge in [0.25, 0.3) is 0 Å². The van der Waals surface area contributed by atoms with Gasteiger partial charge in [-0.3, -0.25) is 0 Å². The Morgan fingerprint density at radius 1 is 1.54 bits per heavy atom. The SMILES string of the molecule is Cc1ccc(NCC2CC2C)nc1. The van der Waals surface area contributed by atoms with Crippen LogP contribution in [0.3, 0.4) is 0 Å². The van der Waals surface area contributed by atoms with E-state index in [9.17, 15) is 0 Å². The van der Waals surface area contributed by atoms with E-state index >= 15 is 0 Å². The molecular weight excluding hydrogens is 160 g/mol. The number of nitrogens with one attached hydrogen (secondary N) is 1. The number of rotatable bonds is 3. The summed E-state index contributed by atoms with van der Waals surface area (Å²) in [4.78, 5) is 4.29. The lowest BCUT2D eigenvalue weighted by atomic mass is 10.3. The number of anilines is 1. The third kappa shape index (κ3) is 2.20. The Morgan fingerprint density at radius 2 is 2.31 bits per heavy atom. The molecule has 70 valence electrons. The Morgan fingerprint density at radius 3 is 2.85 bits per heavy atom. The molecule has 2 atom stereocenters. The van der Waals surface area contributed by atoms with E-state index in [2.05, 4.69) is 30.2 Å². The predicted octanol–water partition coefficient (Wildman–Crippen LogP) is 2.46. The minimum absolute atomic E-state index is 0.878. The van der Waals surface area contributed by atoms with Crippen molar-refractivity contribution in [3.05, 3.63) is 23.9 Å². The topological polar surface area (TPSA) is 24.9 Å². The minimum Gasteiger partial charge on any atom is -0.370 e. The summed E-state index contributed by atoms with van der Waals surface area (Å²) in [5.74, 6) is 2.80. The predicted molar refractivity (Wildman–Crippen MR) is 54.7 cm³/mol. The molecule has 0 radical (unpaired) electrons. The van der Waals surface area contributed by atoms with Crippen molar-refractivity contribution in [1.29, 1.82) is 0 Å². The van der Waals surface area contributed by atoms with E-state index in [1.165, 1.54) is 12.0 Å². The van der Waals surface area contributed by atoms with Crippen LogP contribution < -0.4 is 5.32 Å². The third-order valence-electron chi connectivity index (χ3n) is 2.73. The first-order chi connectivity index (χ1) is 6.25. The Hall–Kier alpha value is -1.05. The highest BCUT2D eigenvalue weighted by Gasteiger charge is 2.31. The number of nitrogens with zero attached hydrogens (tertiary/aromatic N) is 1. The molecule has 1 aliphatic carbocycles. The zero-order valence-electron chi connectivity index (χ0n) is 8.25. The molecule has 0 spiro atoms. The zero-order chi connectivity index (χ0) is 9.26. The van der Waals surface area contributed by atoms with Gasteiger partial charge in [-0.15, -0.1) is 0 Å². The monoisotopic (exact) mass is 176 g/mol. The number of aryl methyl sites for hydroxylation is 1. The van der Waals surface area contributed by atoms with Crippen LogP contribution in [0.25, 0.3) is 0 Å². The minimum atomic E-state index is 0.878. The first kappa shape index (κ1) is 8.54. The molecule has 0 amide bonds. The summed E-state index contributed by atoms with van der Waals surface area (Å²) in [6.45, 7) is 5.44. The second kappa shape index (κ2) is 3.36. The van der Waals surface area contributed by atoms with Crippen LogP contribution in [0.1, 0.15) is 18.9 Å². The molecule has 0 aliphatic heterocycles. The Labute approximate surface area is 79.4 Å². The Bertz CT molecular complexity index is 279. The van der Waals surface area contributed by atoms with E-state index in [0.717, 1.165) is 24.2 Å². The Balaban J connectivity index is 1.84. The van der Waals surface area contributed by atoms with Crippen LogP contribution in [0, 0.1) is 18.8 Å². The van der Waals surface area contributed by atoms with Crippen LogP contribution in [0.15, 0.2) is 18.3 Å². The normalized spacial score (nSPS) is 25.7. The number of pyridine rings is 1. The highest BCUT2D eigenvalue weighted by molar-refractivity contribution is 5.35. The van der Waals surface area contributed by atoms with Gasteiger partial charge >= 0.3 is 0 Å². The standard InChI is InChI=1S/C11H16N2/c1-8-3-4-11(12-6-8)13-7-10-5-9(10)2/h3-4,6,9-10H,5,7H2,1-2H3,(H,12,13). The van der Waals surface area contributed by atoms with Crippen LogP contribution in [-0.2, 0) is 0 Å². The summed E-state index contributed by atoms with van der Waals surface area (Å²) in [6, 6.07) is 4.13. The molecule has 2 nitrogen and oxygen atoms in total. The van der Waals surface area contributed by atoms with Gasteiger partial charge in [0.05, 0.1) is 0 Å². The van der Waals surface area contributed by atoms with Crippen molar-refractivity contribution >= 4 is 5.82 Å². The fourth-order valence-corrected chi connectivity index (χ4v) is 1.49. The van der Waals surface area contributed by atoms with E-state index in [1.807, 2.05) is 12.3 Å². The molecule has 1 aromatic heterocycles. The molecule has 2 rings (SSSR count). The molecule has 1 aromatic rings. The molecule has 1 fully saturated rings. The highest BCUT2D eigenvalue weighted by Crippen LogP contribution is 2.37. The maximum absolute atomic E-state index is 4.29. The molecule has 0 bridgehead atoms. The average molecular weight is 176 g/mol. The molecule has 1 heterocycles. The van der Waals surface area contributed by atoms with Gasteiger partial charge < -0.3 is 5.32 Å². The second-order valence-electron chi connectivity index (χ2n) is 4.07. The van der Waals surface area contributed by atoms with Crippen LogP contribution in [0.5, 0.6) is 0 Å². The second-order valence-corrected chi connectivity index (χ2v) is 4.07. The van der Waals surface area contributed by atoms with Crippen LogP contribution in [0.4, 0.5) is 5.82 Å². The Kier molecular flexibility index (Phi) is 2.21. The maximum atomic E-state index is 4.29. The molecular formula is C11H16N2. The van der Waals surface area contributed by atoms with Crippen molar-refractivity contribution in [1.82, 2.24) is 4.98 Å². The van der Waals surface area contributed by atoms with Gasteiger partial charge in [0.2, 0.25) is 0 Å². The van der Waals surface area contributed by atoms with Crippen molar-refractivity contribution in [3.63, 3.8) is 0 Å². The summed E-state index contributed by atoms with van der Waals surface area (Å²) in [5, 5.41) is 3.35. The van der Waals surface area contributed by atoms with Crippen molar-refractivity contribution in [2.24, 2.45) is 11.8 Å². The van der Waals surface area contributed by atoms with Crippen molar-refractivity contribution < 1.29 is 0 Å². The van der Waals surface area contributed by atoms with Crippen LogP contribution >= 0.6 is 0 Å². The van der Waals surface area contributed by atoms with E-state index < -0.39 is 0 Å². The third-order valence-corrected chi connectivity index (χ3v) is 2.73. The number of aromatic nitrogens is 1. The zero-order valence-corrected chi connectivity index (χ0v) is 8.25. The molecule has 0 saturated heterocycles.